The molecule has 158 valence electrons. The first kappa shape index (κ1) is 22.6. The summed E-state index contributed by atoms with van der Waals surface area (Å²) in [5.74, 6) is -1.58. The van der Waals surface area contributed by atoms with Crippen molar-refractivity contribution in [3.63, 3.8) is 0 Å². The number of carbonyl (C=O) groups is 1. The van der Waals surface area contributed by atoms with Crippen LogP contribution in [0.15, 0.2) is 42.6 Å². The molecule has 0 unspecified atom stereocenters. The molecule has 0 atom stereocenters. The average molecular weight is 430 g/mol. The van der Waals surface area contributed by atoms with Gasteiger partial charge in [0.25, 0.3) is 0 Å². The Morgan fingerprint density at radius 1 is 1.21 bits per heavy atom. The Balaban J connectivity index is 2.12. The molecule has 0 aliphatic heterocycles. The van der Waals surface area contributed by atoms with E-state index in [4.69, 9.17) is 0 Å². The number of aromatic nitrogens is 1. The molecule has 1 aromatic carbocycles. The summed E-state index contributed by atoms with van der Waals surface area (Å²) in [4.78, 5) is 15.0. The maximum Gasteiger partial charge on any atom is 0.316 e. The second-order valence-electron chi connectivity index (χ2n) is 6.01. The van der Waals surface area contributed by atoms with Crippen molar-refractivity contribution in [1.29, 1.82) is 0 Å². The van der Waals surface area contributed by atoms with Gasteiger partial charge in [-0.3, -0.25) is 19.5 Å². The molecule has 0 aliphatic rings. The highest BCUT2D eigenvalue weighted by Gasteiger charge is 2.22. The van der Waals surface area contributed by atoms with Gasteiger partial charge < -0.3 is 0 Å². The van der Waals surface area contributed by atoms with Crippen LogP contribution in [0, 0.1) is 0 Å². The fourth-order valence-corrected chi connectivity index (χ4v) is 3.46. The van der Waals surface area contributed by atoms with Crippen molar-refractivity contribution in [3.05, 3.63) is 59.4 Å². The fraction of sp³-hybridized carbons (Fsp3) is 0.333. The number of pyridine rings is 1. The number of nitrogens with one attached hydrogen (secondary N) is 2. The molecule has 0 radical (unpaired) electrons. The lowest BCUT2D eigenvalue weighted by molar-refractivity contribution is -0.132. The zero-order valence-corrected chi connectivity index (χ0v) is 16.4. The molecule has 0 fully saturated rings. The van der Waals surface area contributed by atoms with E-state index >= 15 is 0 Å². The molecule has 0 saturated carbocycles. The molecule has 0 aliphatic carbocycles. The van der Waals surface area contributed by atoms with Crippen molar-refractivity contribution in [1.82, 2.24) is 15.8 Å². The Bertz CT molecular complexity index is 924. The van der Waals surface area contributed by atoms with Crippen LogP contribution < -0.4 is 15.2 Å². The van der Waals surface area contributed by atoms with Crippen molar-refractivity contribution in [2.75, 3.05) is 10.1 Å². The van der Waals surface area contributed by atoms with Gasteiger partial charge in [-0.1, -0.05) is 18.2 Å². The van der Waals surface area contributed by atoms with Crippen molar-refractivity contribution in [2.45, 2.75) is 33.1 Å². The van der Waals surface area contributed by atoms with Gasteiger partial charge in [0.2, 0.25) is 10.0 Å². The average Bonchev–Trinajstić information content (AvgIpc) is 2.72. The van der Waals surface area contributed by atoms with Gasteiger partial charge in [0.15, 0.2) is 0 Å². The Morgan fingerprint density at radius 2 is 1.97 bits per heavy atom. The second-order valence-corrected chi connectivity index (χ2v) is 8.19. The lowest BCUT2D eigenvalue weighted by Crippen LogP contribution is -2.40. The third-order valence-corrected chi connectivity index (χ3v) is 5.69. The van der Waals surface area contributed by atoms with Crippen molar-refractivity contribution in [2.24, 2.45) is 0 Å². The van der Waals surface area contributed by atoms with E-state index in [0.29, 0.717) is 22.5 Å². The molecule has 1 amide bonds. The van der Waals surface area contributed by atoms with Crippen molar-refractivity contribution >= 4 is 21.6 Å². The van der Waals surface area contributed by atoms with E-state index in [1.165, 1.54) is 19.2 Å². The minimum atomic E-state index is -3.64. The second kappa shape index (κ2) is 10.2. The molecule has 1 heterocycles. The Kier molecular flexibility index (Phi) is 7.97. The van der Waals surface area contributed by atoms with Crippen LogP contribution in [-0.2, 0) is 34.6 Å². The van der Waals surface area contributed by atoms with E-state index in [2.05, 4.69) is 10.4 Å². The zero-order chi connectivity index (χ0) is 21.4. The summed E-state index contributed by atoms with van der Waals surface area (Å²) in [5.41, 5.74) is 5.93. The van der Waals surface area contributed by atoms with Crippen LogP contribution in [0.1, 0.15) is 23.7 Å². The molecule has 29 heavy (non-hydrogen) atoms. The topological polar surface area (TPSA) is 91.4 Å². The van der Waals surface area contributed by atoms with Gasteiger partial charge in [-0.15, -0.1) is 0 Å². The lowest BCUT2D eigenvalue weighted by atomic mass is 10.2. The van der Waals surface area contributed by atoms with Gasteiger partial charge in [-0.05, 0) is 36.2 Å². The fourth-order valence-electron chi connectivity index (χ4n) is 2.39. The number of sulfonamides is 1. The van der Waals surface area contributed by atoms with Crippen LogP contribution >= 0.6 is 0 Å². The number of nitrogens with zero attached hydrogens (tertiary/aromatic N) is 2. The number of benzene rings is 1. The Labute approximate surface area is 167 Å². The molecule has 11 heteroatoms. The molecule has 2 aromatic rings. The third kappa shape index (κ3) is 6.43. The monoisotopic (exact) mass is 430 g/mol. The van der Waals surface area contributed by atoms with Gasteiger partial charge in [0.1, 0.15) is 6.67 Å². The molecule has 0 bridgehead atoms. The third-order valence-electron chi connectivity index (χ3n) is 3.95. The lowest BCUT2D eigenvalue weighted by Gasteiger charge is -2.24. The highest BCUT2D eigenvalue weighted by atomic mass is 32.2. The zero-order valence-electron chi connectivity index (χ0n) is 15.6. The van der Waals surface area contributed by atoms with Crippen LogP contribution in [0.5, 0.6) is 0 Å². The number of carbonyl (C=O) groups excluding carboxylic acids is 1. The number of alkyl halides is 3. The minimum Gasteiger partial charge on any atom is -0.286 e. The highest BCUT2D eigenvalue weighted by molar-refractivity contribution is 7.92. The highest BCUT2D eigenvalue weighted by Crippen LogP contribution is 2.23. The number of rotatable bonds is 10. The number of hydrogen-bond acceptors (Lipinski definition) is 5. The predicted octanol–water partition coefficient (Wildman–Crippen LogP) is 2.29. The van der Waals surface area contributed by atoms with E-state index < -0.39 is 29.0 Å². The number of hydrazine groups is 1. The first-order valence-corrected chi connectivity index (χ1v) is 10.3. The van der Waals surface area contributed by atoms with Crippen molar-refractivity contribution < 1.29 is 26.4 Å². The van der Waals surface area contributed by atoms with Crippen LogP contribution in [0.3, 0.4) is 0 Å². The summed E-state index contributed by atoms with van der Waals surface area (Å²) in [6.07, 6.45) is -1.68. The Hall–Kier alpha value is -2.66. The van der Waals surface area contributed by atoms with E-state index in [-0.39, 0.29) is 18.8 Å². The number of anilines is 1. The maximum absolute atomic E-state index is 13.0. The van der Waals surface area contributed by atoms with Gasteiger partial charge in [-0.25, -0.2) is 18.2 Å². The molecule has 2 rings (SSSR count). The number of hydrogen-bond donors (Lipinski definition) is 2. The maximum atomic E-state index is 13.0. The van der Waals surface area contributed by atoms with Crippen LogP contribution in [0.4, 0.5) is 18.9 Å². The predicted molar refractivity (Wildman–Crippen MR) is 102 cm³/mol. The van der Waals surface area contributed by atoms with E-state index in [0.717, 1.165) is 4.31 Å². The minimum absolute atomic E-state index is 0.0538. The molecule has 1 aromatic heterocycles. The van der Waals surface area contributed by atoms with Crippen LogP contribution in [0.25, 0.3) is 0 Å². The van der Waals surface area contributed by atoms with E-state index in [1.54, 1.807) is 30.3 Å². The van der Waals surface area contributed by atoms with Crippen LogP contribution in [-0.4, -0.2) is 31.5 Å². The summed E-state index contributed by atoms with van der Waals surface area (Å²) >= 11 is 0. The van der Waals surface area contributed by atoms with E-state index in [9.17, 15) is 26.4 Å². The van der Waals surface area contributed by atoms with Gasteiger partial charge in [-0.2, -0.15) is 8.78 Å². The summed E-state index contributed by atoms with van der Waals surface area (Å²) in [6.45, 7) is 0.802. The molecule has 0 saturated heterocycles. The molecule has 2 N–H and O–H groups in total. The van der Waals surface area contributed by atoms with Crippen molar-refractivity contribution in [3.8, 4) is 0 Å². The molecule has 0 spiro atoms. The standard InChI is InChI=1S/C18H21F3N4O3S/c1-2-29(27,28)25(16-5-3-4-13(8-16)9-19)12-15-7-6-14(10-22-15)11-23-24-18(26)17(20)21/h3-8,10,17,23H,2,9,11-12H2,1H3,(H,24,26). The first-order chi connectivity index (χ1) is 13.8. The van der Waals surface area contributed by atoms with E-state index in [1.807, 2.05) is 5.43 Å². The summed E-state index contributed by atoms with van der Waals surface area (Å²) in [5, 5.41) is 0. The normalized spacial score (nSPS) is 11.5. The number of halogens is 3. The molecule has 7 nitrogen and oxygen atoms in total. The Morgan fingerprint density at radius 3 is 2.55 bits per heavy atom. The quantitative estimate of drug-likeness (QED) is 0.565. The summed E-state index contributed by atoms with van der Waals surface area (Å²) in [7, 11) is -3.64. The summed E-state index contributed by atoms with van der Waals surface area (Å²) in [6, 6.07) is 9.40. The number of amides is 1. The van der Waals surface area contributed by atoms with Crippen LogP contribution in [0.2, 0.25) is 0 Å². The van der Waals surface area contributed by atoms with Gasteiger partial charge in [0.05, 0.1) is 23.7 Å². The first-order valence-electron chi connectivity index (χ1n) is 8.66. The molecular formula is C18H21F3N4O3S. The summed E-state index contributed by atoms with van der Waals surface area (Å²) < 4.78 is 63.4. The molecular weight excluding hydrogens is 409 g/mol. The van der Waals surface area contributed by atoms with Gasteiger partial charge in [0, 0.05) is 12.7 Å². The largest absolute Gasteiger partial charge is 0.316 e. The van der Waals surface area contributed by atoms with Gasteiger partial charge >= 0.3 is 12.3 Å². The smallest absolute Gasteiger partial charge is 0.286 e. The SMILES string of the molecule is CCS(=O)(=O)N(Cc1ccc(CNNC(=O)C(F)F)cn1)c1cccc(CF)c1.